The van der Waals surface area contributed by atoms with Crippen LogP contribution in [0.5, 0.6) is 5.75 Å². The van der Waals surface area contributed by atoms with Crippen LogP contribution in [0, 0.1) is 6.92 Å². The van der Waals surface area contributed by atoms with E-state index in [1.807, 2.05) is 13.8 Å². The zero-order valence-electron chi connectivity index (χ0n) is 11.3. The molecule has 1 heteroatoms. The summed E-state index contributed by atoms with van der Waals surface area (Å²) in [6, 6.07) is 12.6. The summed E-state index contributed by atoms with van der Waals surface area (Å²) >= 11 is 0. The van der Waals surface area contributed by atoms with E-state index in [0.717, 1.165) is 18.8 Å². The van der Waals surface area contributed by atoms with Crippen molar-refractivity contribution in [2.75, 3.05) is 6.61 Å². The summed E-state index contributed by atoms with van der Waals surface area (Å²) in [5.74, 6) is 0.998. The van der Waals surface area contributed by atoms with Crippen LogP contribution in [-0.2, 0) is 0 Å². The van der Waals surface area contributed by atoms with Crippen LogP contribution in [0.4, 0.5) is 0 Å². The Hall–Kier alpha value is -1.50. The lowest BCUT2D eigenvalue weighted by molar-refractivity contribution is 0.321. The fourth-order valence-electron chi connectivity index (χ4n) is 1.76. The molecule has 0 saturated carbocycles. The molecule has 0 amide bonds. The van der Waals surface area contributed by atoms with Gasteiger partial charge in [-0.15, -0.1) is 0 Å². The molecule has 0 unspecified atom stereocenters. The fourth-order valence-corrected chi connectivity index (χ4v) is 1.76. The third-order valence-corrected chi connectivity index (χ3v) is 2.56. The standard InChI is InChI=1S/C14H16O.C2H6/c1-3-10-15-14-9-8-11(2)12-6-4-5-7-13(12)14;1-2/h4-9H,3,10H2,1-2H3;1-2H3. The summed E-state index contributed by atoms with van der Waals surface area (Å²) in [7, 11) is 0. The van der Waals surface area contributed by atoms with Gasteiger partial charge in [-0.3, -0.25) is 0 Å². The van der Waals surface area contributed by atoms with E-state index in [-0.39, 0.29) is 0 Å². The maximum Gasteiger partial charge on any atom is 0.127 e. The maximum absolute atomic E-state index is 5.72. The largest absolute Gasteiger partial charge is 0.493 e. The zero-order valence-corrected chi connectivity index (χ0v) is 11.3. The molecule has 0 N–H and O–H groups in total. The van der Waals surface area contributed by atoms with E-state index < -0.39 is 0 Å². The van der Waals surface area contributed by atoms with Crippen molar-refractivity contribution in [1.29, 1.82) is 0 Å². The molecule has 0 aliphatic carbocycles. The van der Waals surface area contributed by atoms with Gasteiger partial charge in [0.1, 0.15) is 5.75 Å². The molecule has 0 aliphatic rings. The van der Waals surface area contributed by atoms with Crippen LogP contribution < -0.4 is 4.74 Å². The van der Waals surface area contributed by atoms with E-state index >= 15 is 0 Å². The molecule has 0 aromatic heterocycles. The second kappa shape index (κ2) is 6.95. The first kappa shape index (κ1) is 13.6. The highest BCUT2D eigenvalue weighted by molar-refractivity contribution is 5.90. The smallest absolute Gasteiger partial charge is 0.127 e. The number of fused-ring (bicyclic) bond motifs is 1. The molecule has 2 aromatic rings. The second-order valence-corrected chi connectivity index (χ2v) is 3.77. The minimum atomic E-state index is 0.785. The molecule has 92 valence electrons. The Labute approximate surface area is 104 Å². The van der Waals surface area contributed by atoms with E-state index in [4.69, 9.17) is 4.74 Å². The molecule has 0 saturated heterocycles. The van der Waals surface area contributed by atoms with Gasteiger partial charge in [0.2, 0.25) is 0 Å². The number of benzene rings is 2. The van der Waals surface area contributed by atoms with Crippen molar-refractivity contribution in [2.45, 2.75) is 34.1 Å². The summed E-state index contributed by atoms with van der Waals surface area (Å²) in [5.41, 5.74) is 1.30. The number of hydrogen-bond acceptors (Lipinski definition) is 1. The van der Waals surface area contributed by atoms with Gasteiger partial charge in [-0.05, 0) is 30.4 Å². The lowest BCUT2D eigenvalue weighted by Crippen LogP contribution is -1.95. The van der Waals surface area contributed by atoms with Crippen molar-refractivity contribution >= 4 is 10.8 Å². The van der Waals surface area contributed by atoms with Gasteiger partial charge in [0, 0.05) is 5.39 Å². The highest BCUT2D eigenvalue weighted by atomic mass is 16.5. The van der Waals surface area contributed by atoms with Gasteiger partial charge in [0.05, 0.1) is 6.61 Å². The van der Waals surface area contributed by atoms with E-state index in [0.29, 0.717) is 0 Å². The molecule has 2 aromatic carbocycles. The number of ether oxygens (including phenoxy) is 1. The number of aryl methyl sites for hydroxylation is 1. The number of hydrogen-bond donors (Lipinski definition) is 0. The minimum absolute atomic E-state index is 0.785. The maximum atomic E-state index is 5.72. The Morgan fingerprint density at radius 3 is 2.24 bits per heavy atom. The third kappa shape index (κ3) is 3.23. The van der Waals surface area contributed by atoms with Crippen molar-refractivity contribution in [2.24, 2.45) is 0 Å². The van der Waals surface area contributed by atoms with E-state index in [1.54, 1.807) is 0 Å². The molecule has 0 atom stereocenters. The fraction of sp³-hybridized carbons (Fsp3) is 0.375. The van der Waals surface area contributed by atoms with Crippen molar-refractivity contribution in [3.05, 3.63) is 42.0 Å². The van der Waals surface area contributed by atoms with Gasteiger partial charge < -0.3 is 4.74 Å². The van der Waals surface area contributed by atoms with Gasteiger partial charge in [-0.2, -0.15) is 0 Å². The van der Waals surface area contributed by atoms with Crippen LogP contribution in [0.15, 0.2) is 36.4 Å². The average molecular weight is 230 g/mol. The molecule has 0 aliphatic heterocycles. The zero-order chi connectivity index (χ0) is 12.7. The SMILES string of the molecule is CC.CCCOc1ccc(C)c2ccccc12. The Morgan fingerprint density at radius 1 is 0.941 bits per heavy atom. The quantitative estimate of drug-likeness (QED) is 0.724. The molecular formula is C16H22O. The summed E-state index contributed by atoms with van der Waals surface area (Å²) in [4.78, 5) is 0. The van der Waals surface area contributed by atoms with Crippen molar-refractivity contribution in [3.8, 4) is 5.75 Å². The first-order chi connectivity index (χ1) is 8.33. The molecular weight excluding hydrogens is 208 g/mol. The lowest BCUT2D eigenvalue weighted by Gasteiger charge is -2.09. The normalized spacial score (nSPS) is 9.65. The van der Waals surface area contributed by atoms with Crippen LogP contribution in [0.3, 0.4) is 0 Å². The van der Waals surface area contributed by atoms with Gasteiger partial charge in [0.25, 0.3) is 0 Å². The highest BCUT2D eigenvalue weighted by Gasteiger charge is 2.02. The molecule has 17 heavy (non-hydrogen) atoms. The summed E-state index contributed by atoms with van der Waals surface area (Å²) in [6.45, 7) is 9.04. The molecule has 0 bridgehead atoms. The Balaban J connectivity index is 0.000000686. The van der Waals surface area contributed by atoms with Gasteiger partial charge in [-0.25, -0.2) is 0 Å². The van der Waals surface area contributed by atoms with Crippen LogP contribution in [0.1, 0.15) is 32.8 Å². The highest BCUT2D eigenvalue weighted by Crippen LogP contribution is 2.28. The molecule has 0 spiro atoms. The first-order valence-electron chi connectivity index (χ1n) is 6.44. The van der Waals surface area contributed by atoms with Crippen LogP contribution in [-0.4, -0.2) is 6.61 Å². The van der Waals surface area contributed by atoms with Gasteiger partial charge >= 0.3 is 0 Å². The predicted molar refractivity (Wildman–Crippen MR) is 75.8 cm³/mol. The molecule has 0 heterocycles. The second-order valence-electron chi connectivity index (χ2n) is 3.77. The summed E-state index contributed by atoms with van der Waals surface area (Å²) < 4.78 is 5.72. The monoisotopic (exact) mass is 230 g/mol. The molecule has 1 nitrogen and oxygen atoms in total. The van der Waals surface area contributed by atoms with Crippen LogP contribution in [0.25, 0.3) is 10.8 Å². The average Bonchev–Trinajstić information content (AvgIpc) is 2.41. The van der Waals surface area contributed by atoms with Gasteiger partial charge in [0.15, 0.2) is 0 Å². The Morgan fingerprint density at radius 2 is 1.59 bits per heavy atom. The lowest BCUT2D eigenvalue weighted by atomic mass is 10.1. The predicted octanol–water partition coefficient (Wildman–Crippen LogP) is 4.96. The Bertz CT molecular complexity index is 460. The van der Waals surface area contributed by atoms with Crippen molar-refractivity contribution in [1.82, 2.24) is 0 Å². The summed E-state index contributed by atoms with van der Waals surface area (Å²) in [6.07, 6.45) is 1.04. The van der Waals surface area contributed by atoms with Crippen molar-refractivity contribution in [3.63, 3.8) is 0 Å². The Kier molecular flexibility index (Phi) is 5.55. The van der Waals surface area contributed by atoms with E-state index in [9.17, 15) is 0 Å². The third-order valence-electron chi connectivity index (χ3n) is 2.56. The van der Waals surface area contributed by atoms with Crippen LogP contribution >= 0.6 is 0 Å². The van der Waals surface area contributed by atoms with E-state index in [1.165, 1.54) is 16.3 Å². The first-order valence-corrected chi connectivity index (χ1v) is 6.44. The topological polar surface area (TPSA) is 9.23 Å². The van der Waals surface area contributed by atoms with Crippen LogP contribution in [0.2, 0.25) is 0 Å². The van der Waals surface area contributed by atoms with Gasteiger partial charge in [-0.1, -0.05) is 51.1 Å². The molecule has 0 fully saturated rings. The minimum Gasteiger partial charge on any atom is -0.493 e. The molecule has 0 radical (unpaired) electrons. The van der Waals surface area contributed by atoms with Crippen molar-refractivity contribution < 1.29 is 4.74 Å². The number of rotatable bonds is 3. The van der Waals surface area contributed by atoms with E-state index in [2.05, 4.69) is 50.2 Å². The summed E-state index contributed by atoms with van der Waals surface area (Å²) in [5, 5.41) is 2.50. The molecule has 2 rings (SSSR count).